The van der Waals surface area contributed by atoms with Crippen molar-refractivity contribution < 1.29 is 19.2 Å². The lowest BCUT2D eigenvalue weighted by Gasteiger charge is -2.20. The van der Waals surface area contributed by atoms with Crippen molar-refractivity contribution >= 4 is 17.8 Å². The maximum atomic E-state index is 11.7. The first-order valence-corrected chi connectivity index (χ1v) is 6.33. The lowest BCUT2D eigenvalue weighted by atomic mass is 10.2. The summed E-state index contributed by atoms with van der Waals surface area (Å²) in [5, 5.41) is 14.5. The Kier molecular flexibility index (Phi) is 4.61. The average molecular weight is 293 g/mol. The Balaban J connectivity index is 1.93. The van der Waals surface area contributed by atoms with Crippen molar-refractivity contribution in [2.75, 3.05) is 13.2 Å². The smallest absolute Gasteiger partial charge is 0.278 e. The van der Waals surface area contributed by atoms with E-state index in [4.69, 9.17) is 9.47 Å². The van der Waals surface area contributed by atoms with Crippen molar-refractivity contribution in [3.8, 4) is 0 Å². The summed E-state index contributed by atoms with van der Waals surface area (Å²) in [5.41, 5.74) is 2.53. The molecule has 1 aliphatic rings. The van der Waals surface area contributed by atoms with Crippen LogP contribution in [0.4, 0.5) is 5.69 Å². The van der Waals surface area contributed by atoms with E-state index in [9.17, 15) is 14.9 Å². The molecule has 1 aromatic rings. The van der Waals surface area contributed by atoms with E-state index < -0.39 is 16.6 Å². The van der Waals surface area contributed by atoms with Crippen molar-refractivity contribution in [3.63, 3.8) is 0 Å². The van der Waals surface area contributed by atoms with Crippen molar-refractivity contribution in [1.29, 1.82) is 0 Å². The topological polar surface area (TPSA) is 103 Å². The van der Waals surface area contributed by atoms with Crippen molar-refractivity contribution in [1.82, 2.24) is 5.43 Å². The number of nitro benzene ring substituents is 1. The number of hydrogen-bond donors (Lipinski definition) is 1. The minimum absolute atomic E-state index is 0.00121. The van der Waals surface area contributed by atoms with Gasteiger partial charge in [0.15, 0.2) is 5.79 Å². The van der Waals surface area contributed by atoms with Gasteiger partial charge in [-0.1, -0.05) is 12.1 Å². The van der Waals surface area contributed by atoms with Crippen molar-refractivity contribution in [3.05, 3.63) is 39.9 Å². The van der Waals surface area contributed by atoms with Crippen LogP contribution in [0.15, 0.2) is 29.4 Å². The first kappa shape index (κ1) is 15.1. The van der Waals surface area contributed by atoms with Crippen LogP contribution in [-0.4, -0.2) is 36.0 Å². The van der Waals surface area contributed by atoms with Crippen molar-refractivity contribution in [2.45, 2.75) is 19.1 Å². The second-order valence-electron chi connectivity index (χ2n) is 4.62. The van der Waals surface area contributed by atoms with Gasteiger partial charge in [-0.2, -0.15) is 5.10 Å². The predicted molar refractivity (Wildman–Crippen MR) is 73.8 cm³/mol. The van der Waals surface area contributed by atoms with Crippen LogP contribution in [0.5, 0.6) is 0 Å². The average Bonchev–Trinajstić information content (AvgIpc) is 2.85. The summed E-state index contributed by atoms with van der Waals surface area (Å²) < 4.78 is 10.6. The molecular formula is C13H15N3O5. The van der Waals surface area contributed by atoms with Crippen LogP contribution < -0.4 is 5.43 Å². The minimum Gasteiger partial charge on any atom is -0.347 e. The zero-order valence-corrected chi connectivity index (χ0v) is 11.4. The third-order valence-corrected chi connectivity index (χ3v) is 2.91. The Morgan fingerprint density at radius 3 is 2.81 bits per heavy atom. The molecule has 0 saturated carbocycles. The molecule has 0 spiro atoms. The van der Waals surface area contributed by atoms with Crippen LogP contribution in [0, 0.1) is 10.1 Å². The Labute approximate surface area is 120 Å². The fraction of sp³-hybridized carbons (Fsp3) is 0.385. The molecule has 1 heterocycles. The van der Waals surface area contributed by atoms with E-state index in [1.165, 1.54) is 18.3 Å². The summed E-state index contributed by atoms with van der Waals surface area (Å²) in [6.07, 6.45) is 1.23. The van der Waals surface area contributed by atoms with Gasteiger partial charge in [0.25, 0.3) is 5.69 Å². The molecule has 8 heteroatoms. The molecule has 2 rings (SSSR count). The summed E-state index contributed by atoms with van der Waals surface area (Å²) in [7, 11) is 0. The molecule has 1 fully saturated rings. The molecular weight excluding hydrogens is 278 g/mol. The first-order valence-electron chi connectivity index (χ1n) is 6.33. The van der Waals surface area contributed by atoms with Gasteiger partial charge < -0.3 is 9.47 Å². The highest BCUT2D eigenvalue weighted by atomic mass is 16.7. The molecule has 21 heavy (non-hydrogen) atoms. The highest BCUT2D eigenvalue weighted by Crippen LogP contribution is 2.22. The number of para-hydroxylation sites is 1. The number of nitro groups is 1. The monoisotopic (exact) mass is 293 g/mol. The largest absolute Gasteiger partial charge is 0.347 e. The van der Waals surface area contributed by atoms with Crippen LogP contribution in [0.1, 0.15) is 18.9 Å². The Morgan fingerprint density at radius 2 is 2.14 bits per heavy atom. The number of nitrogens with one attached hydrogen (secondary N) is 1. The lowest BCUT2D eigenvalue weighted by Crippen LogP contribution is -2.33. The number of carbonyl (C=O) groups excluding carboxylic acids is 1. The quantitative estimate of drug-likeness (QED) is 0.499. The van der Waals surface area contributed by atoms with Gasteiger partial charge in [0.05, 0.1) is 36.3 Å². The number of hydrazone groups is 1. The molecule has 0 aromatic heterocycles. The standard InChI is InChI=1S/C13H15N3O5/c1-13(20-6-7-21-13)8-12(17)15-14-9-10-4-2-3-5-11(10)16(18)19/h2-5,9H,6-8H2,1H3,(H,15,17). The first-order chi connectivity index (χ1) is 10.0. The second-order valence-corrected chi connectivity index (χ2v) is 4.62. The molecule has 0 radical (unpaired) electrons. The highest BCUT2D eigenvalue weighted by molar-refractivity contribution is 5.86. The molecule has 1 N–H and O–H groups in total. The van der Waals surface area contributed by atoms with Gasteiger partial charge in [-0.05, 0) is 13.0 Å². The number of benzene rings is 1. The minimum atomic E-state index is -0.932. The zero-order valence-electron chi connectivity index (χ0n) is 11.4. The number of ether oxygens (including phenoxy) is 2. The molecule has 1 amide bonds. The molecule has 8 nitrogen and oxygen atoms in total. The summed E-state index contributed by atoms with van der Waals surface area (Å²) in [6, 6.07) is 6.11. The molecule has 112 valence electrons. The molecule has 0 unspecified atom stereocenters. The van der Waals surface area contributed by atoms with E-state index in [1.807, 2.05) is 0 Å². The Bertz CT molecular complexity index is 567. The Morgan fingerprint density at radius 1 is 1.48 bits per heavy atom. The molecule has 0 atom stereocenters. The maximum absolute atomic E-state index is 11.7. The zero-order chi connectivity index (χ0) is 15.3. The van der Waals surface area contributed by atoms with E-state index in [0.717, 1.165) is 0 Å². The second kappa shape index (κ2) is 6.42. The predicted octanol–water partition coefficient (Wildman–Crippen LogP) is 1.20. The fourth-order valence-corrected chi connectivity index (χ4v) is 1.93. The van der Waals surface area contributed by atoms with E-state index in [0.29, 0.717) is 18.8 Å². The van der Waals surface area contributed by atoms with Crippen LogP contribution in [0.2, 0.25) is 0 Å². The summed E-state index contributed by atoms with van der Waals surface area (Å²) >= 11 is 0. The SMILES string of the molecule is CC1(CC(=O)NN=Cc2ccccc2[N+](=O)[O-])OCCO1. The van der Waals surface area contributed by atoms with Gasteiger partial charge in [0.1, 0.15) is 0 Å². The van der Waals surface area contributed by atoms with Crippen LogP contribution in [-0.2, 0) is 14.3 Å². The van der Waals surface area contributed by atoms with Crippen LogP contribution >= 0.6 is 0 Å². The normalized spacial score (nSPS) is 17.0. The lowest BCUT2D eigenvalue weighted by molar-refractivity contribution is -0.385. The maximum Gasteiger partial charge on any atom is 0.278 e. The van der Waals surface area contributed by atoms with E-state index in [2.05, 4.69) is 10.5 Å². The molecule has 1 aliphatic heterocycles. The summed E-state index contributed by atoms with van der Waals surface area (Å²) in [6.45, 7) is 2.57. The van der Waals surface area contributed by atoms with Gasteiger partial charge in [-0.15, -0.1) is 0 Å². The number of nitrogens with zero attached hydrogens (tertiary/aromatic N) is 2. The highest BCUT2D eigenvalue weighted by Gasteiger charge is 2.33. The van der Waals surface area contributed by atoms with Gasteiger partial charge in [0.2, 0.25) is 5.91 Å². The van der Waals surface area contributed by atoms with Crippen LogP contribution in [0.25, 0.3) is 0 Å². The third kappa shape index (κ3) is 4.07. The third-order valence-electron chi connectivity index (χ3n) is 2.91. The number of rotatable bonds is 5. The van der Waals surface area contributed by atoms with Crippen LogP contribution in [0.3, 0.4) is 0 Å². The van der Waals surface area contributed by atoms with Gasteiger partial charge in [0, 0.05) is 6.07 Å². The molecule has 0 bridgehead atoms. The van der Waals surface area contributed by atoms with E-state index in [1.54, 1.807) is 19.1 Å². The van der Waals surface area contributed by atoms with Gasteiger partial charge in [-0.3, -0.25) is 14.9 Å². The van der Waals surface area contributed by atoms with Crippen molar-refractivity contribution in [2.24, 2.45) is 5.10 Å². The molecule has 0 aliphatic carbocycles. The molecule has 1 saturated heterocycles. The molecule has 1 aromatic carbocycles. The van der Waals surface area contributed by atoms with E-state index in [-0.39, 0.29) is 12.1 Å². The number of amides is 1. The van der Waals surface area contributed by atoms with Gasteiger partial charge >= 0.3 is 0 Å². The summed E-state index contributed by atoms with van der Waals surface area (Å²) in [5.74, 6) is -1.33. The number of hydrogen-bond acceptors (Lipinski definition) is 6. The fourth-order valence-electron chi connectivity index (χ4n) is 1.93. The van der Waals surface area contributed by atoms with E-state index >= 15 is 0 Å². The van der Waals surface area contributed by atoms with Gasteiger partial charge in [-0.25, -0.2) is 5.43 Å². The Hall–Kier alpha value is -2.32. The summed E-state index contributed by atoms with van der Waals surface area (Å²) in [4.78, 5) is 22.0. The number of carbonyl (C=O) groups is 1.